The molecule has 0 radical (unpaired) electrons. The van der Waals surface area contributed by atoms with Gasteiger partial charge in [0.2, 0.25) is 29.8 Å². The lowest BCUT2D eigenvalue weighted by Crippen LogP contribution is -2.54. The van der Waals surface area contributed by atoms with Crippen molar-refractivity contribution in [1.82, 2.24) is 44.8 Å². The third-order valence-corrected chi connectivity index (χ3v) is 13.9. The Morgan fingerprint density at radius 1 is 0.955 bits per heavy atom. The zero-order valence-corrected chi connectivity index (χ0v) is 37.3. The van der Waals surface area contributed by atoms with Crippen LogP contribution < -0.4 is 25.6 Å². The molecule has 0 spiro atoms. The Balaban J connectivity index is 0.844. The van der Waals surface area contributed by atoms with Crippen LogP contribution in [0.5, 0.6) is 0 Å². The number of ketones is 1. The van der Waals surface area contributed by atoms with Crippen LogP contribution in [0, 0.1) is 11.6 Å². The number of fused-ring (bicyclic) bond motifs is 1. The van der Waals surface area contributed by atoms with Crippen molar-refractivity contribution < 1.29 is 45.9 Å². The molecule has 2 unspecified atom stereocenters. The molecule has 5 aromatic rings. The van der Waals surface area contributed by atoms with Gasteiger partial charge in [0.05, 0.1) is 23.1 Å². The minimum absolute atomic E-state index is 0.0860. The molecule has 3 aliphatic heterocycles. The van der Waals surface area contributed by atoms with Gasteiger partial charge in [-0.1, -0.05) is 6.92 Å². The van der Waals surface area contributed by atoms with E-state index in [1.165, 1.54) is 19.4 Å². The fourth-order valence-electron chi connectivity index (χ4n) is 8.40. The Kier molecular flexibility index (Phi) is 13.8. The first kappa shape index (κ1) is 46.5. The van der Waals surface area contributed by atoms with E-state index >= 15 is 8.78 Å². The zero-order chi connectivity index (χ0) is 47.4. The zero-order valence-electron chi connectivity index (χ0n) is 36.5. The molecule has 0 saturated carbocycles. The number of aromatic amines is 1. The fourth-order valence-corrected chi connectivity index (χ4v) is 9.33. The van der Waals surface area contributed by atoms with Crippen LogP contribution in [0.2, 0.25) is 0 Å². The van der Waals surface area contributed by atoms with Crippen LogP contribution in [-0.2, 0) is 34.1 Å². The Morgan fingerprint density at radius 2 is 1.69 bits per heavy atom. The quantitative estimate of drug-likeness (QED) is 0.0541. The smallest absolute Gasteiger partial charge is 0.301 e. The number of carbonyl (C=O) groups is 5. The summed E-state index contributed by atoms with van der Waals surface area (Å²) in [6.07, 6.45) is 9.75. The molecule has 23 heteroatoms. The van der Waals surface area contributed by atoms with Crippen molar-refractivity contribution in [3.63, 3.8) is 0 Å². The second kappa shape index (κ2) is 19.9. The SMILES string of the molecule is CCN(C)S(=O)(=O)Nc1ccc(F)c(C(=O)c2c[nH]c3ncc(-c4cnc(N5CCC(NC(=O)C(OC=O)N6CCC(c7ccc(NC8CCC(=O)NC8=O)cn7)CC6)CC5)nc4)cc23)c1F. The van der Waals surface area contributed by atoms with Crippen molar-refractivity contribution in [2.75, 3.05) is 54.7 Å². The molecule has 67 heavy (non-hydrogen) atoms. The summed E-state index contributed by atoms with van der Waals surface area (Å²) in [5.74, 6) is -4.04. The lowest BCUT2D eigenvalue weighted by Gasteiger charge is -2.37. The van der Waals surface area contributed by atoms with Gasteiger partial charge in [-0.2, -0.15) is 12.7 Å². The van der Waals surface area contributed by atoms with Crippen LogP contribution in [0.25, 0.3) is 22.2 Å². The van der Waals surface area contributed by atoms with Crippen LogP contribution in [-0.4, -0.2) is 131 Å². The number of imide groups is 1. The molecule has 1 aromatic carbocycles. The largest absolute Gasteiger partial charge is 0.439 e. The maximum Gasteiger partial charge on any atom is 0.301 e. The average Bonchev–Trinajstić information content (AvgIpc) is 3.76. The Labute approximate surface area is 383 Å². The molecule has 2 atom stereocenters. The molecule has 3 amide bonds. The highest BCUT2D eigenvalue weighted by molar-refractivity contribution is 7.90. The number of nitrogens with one attached hydrogen (secondary N) is 5. The number of carbonyl (C=O) groups excluding carboxylic acids is 5. The second-order valence-corrected chi connectivity index (χ2v) is 18.3. The summed E-state index contributed by atoms with van der Waals surface area (Å²) in [7, 11) is -2.89. The number of pyridine rings is 2. The molecular formula is C44H48F2N12O8S. The molecule has 0 aliphatic carbocycles. The molecule has 0 bridgehead atoms. The summed E-state index contributed by atoms with van der Waals surface area (Å²) in [6, 6.07) is 6.40. The fraction of sp³-hybridized carbons (Fsp3) is 0.386. The second-order valence-electron chi connectivity index (χ2n) is 16.5. The molecule has 352 valence electrons. The molecular weight excluding hydrogens is 895 g/mol. The number of piperidine rings is 3. The van der Waals surface area contributed by atoms with Crippen molar-refractivity contribution in [2.45, 2.75) is 69.7 Å². The van der Waals surface area contributed by atoms with Gasteiger partial charge in [-0.25, -0.2) is 23.7 Å². The van der Waals surface area contributed by atoms with Crippen molar-refractivity contribution >= 4 is 68.5 Å². The van der Waals surface area contributed by atoms with Crippen LogP contribution in [0.4, 0.5) is 26.1 Å². The molecule has 3 aliphatic rings. The normalized spacial score (nSPS) is 18.1. The predicted octanol–water partition coefficient (Wildman–Crippen LogP) is 3.21. The standard InChI is InChI=1S/C44H48F2N12O8S/c1-3-56(2)67(64,65)55-34-7-5-32(45)37(38(34)46)39(61)31-23-49-40-30(31)18-26(19-48-40)27-20-50-44(51-21-27)58-16-12-28(13-17-58)53-42(63)43(66-24-59)57-14-10-25(11-15-57)33-6-4-29(22-47-33)52-35-8-9-36(60)54-41(35)62/h4-7,18-25,28,35,43,52,55H,3,8-17H2,1-2H3,(H,48,49)(H,53,63)(H,54,60,62). The Morgan fingerprint density at radius 3 is 2.36 bits per heavy atom. The van der Waals surface area contributed by atoms with Gasteiger partial charge in [-0.05, 0) is 62.4 Å². The number of hydrogen-bond acceptors (Lipinski definition) is 15. The number of hydrogen-bond donors (Lipinski definition) is 5. The molecule has 3 fully saturated rings. The van der Waals surface area contributed by atoms with Crippen molar-refractivity contribution in [3.05, 3.63) is 89.8 Å². The topological polar surface area (TPSA) is 254 Å². The number of rotatable bonds is 16. The number of aromatic nitrogens is 5. The maximum absolute atomic E-state index is 15.6. The Hall–Kier alpha value is -6.98. The number of benzene rings is 1. The van der Waals surface area contributed by atoms with Gasteiger partial charge in [0.25, 0.3) is 12.4 Å². The number of H-pyrrole nitrogens is 1. The number of amides is 3. The molecule has 3 saturated heterocycles. The number of nitrogens with zero attached hydrogens (tertiary/aromatic N) is 7. The van der Waals surface area contributed by atoms with Gasteiger partial charge in [0, 0.05) is 111 Å². The summed E-state index contributed by atoms with van der Waals surface area (Å²) in [4.78, 5) is 87.1. The summed E-state index contributed by atoms with van der Waals surface area (Å²) in [5.41, 5.74) is 1.27. The van der Waals surface area contributed by atoms with Crippen LogP contribution in [0.15, 0.2) is 61.3 Å². The van der Waals surface area contributed by atoms with E-state index < -0.39 is 57.1 Å². The molecule has 8 rings (SSSR count). The molecule has 7 heterocycles. The van der Waals surface area contributed by atoms with E-state index in [-0.39, 0.29) is 59.8 Å². The van der Waals surface area contributed by atoms with Crippen molar-refractivity contribution in [3.8, 4) is 11.1 Å². The van der Waals surface area contributed by atoms with Gasteiger partial charge >= 0.3 is 10.2 Å². The van der Waals surface area contributed by atoms with E-state index in [0.717, 1.165) is 22.1 Å². The van der Waals surface area contributed by atoms with Gasteiger partial charge in [-0.3, -0.25) is 43.9 Å². The third-order valence-electron chi connectivity index (χ3n) is 12.3. The van der Waals surface area contributed by atoms with E-state index in [9.17, 15) is 32.4 Å². The first-order chi connectivity index (χ1) is 32.2. The van der Waals surface area contributed by atoms with Crippen LogP contribution in [0.3, 0.4) is 0 Å². The highest BCUT2D eigenvalue weighted by atomic mass is 32.2. The van der Waals surface area contributed by atoms with Crippen molar-refractivity contribution in [2.24, 2.45) is 0 Å². The van der Waals surface area contributed by atoms with E-state index in [1.54, 1.807) is 31.6 Å². The summed E-state index contributed by atoms with van der Waals surface area (Å²) < 4.78 is 64.1. The summed E-state index contributed by atoms with van der Waals surface area (Å²) in [6.45, 7) is 3.99. The van der Waals surface area contributed by atoms with Gasteiger partial charge in [0.1, 0.15) is 17.5 Å². The van der Waals surface area contributed by atoms with Gasteiger partial charge in [-0.15, -0.1) is 0 Å². The van der Waals surface area contributed by atoms with Crippen LogP contribution >= 0.6 is 0 Å². The van der Waals surface area contributed by atoms with Crippen molar-refractivity contribution in [1.29, 1.82) is 0 Å². The van der Waals surface area contributed by atoms with Crippen LogP contribution in [0.1, 0.15) is 73.0 Å². The Bertz CT molecular complexity index is 2780. The number of anilines is 3. The number of likely N-dealkylation sites (tertiary alicyclic amines) is 1. The first-order valence-electron chi connectivity index (χ1n) is 21.7. The third kappa shape index (κ3) is 10.2. The molecule has 5 N–H and O–H groups in total. The maximum atomic E-state index is 15.6. The van der Waals surface area contributed by atoms with Gasteiger partial charge in [0.15, 0.2) is 5.82 Å². The lowest BCUT2D eigenvalue weighted by molar-refractivity contribution is -0.159. The highest BCUT2D eigenvalue weighted by Crippen LogP contribution is 2.32. The highest BCUT2D eigenvalue weighted by Gasteiger charge is 2.35. The predicted molar refractivity (Wildman–Crippen MR) is 240 cm³/mol. The van der Waals surface area contributed by atoms with Gasteiger partial charge < -0.3 is 25.3 Å². The van der Waals surface area contributed by atoms with E-state index in [2.05, 4.69) is 45.6 Å². The summed E-state index contributed by atoms with van der Waals surface area (Å²) in [5, 5.41) is 8.77. The minimum Gasteiger partial charge on any atom is -0.439 e. The monoisotopic (exact) mass is 942 g/mol. The molecule has 20 nitrogen and oxygen atoms in total. The number of halogens is 2. The molecule has 4 aromatic heterocycles. The van der Waals surface area contributed by atoms with E-state index in [1.807, 2.05) is 21.9 Å². The first-order valence-corrected chi connectivity index (χ1v) is 23.2. The van der Waals surface area contributed by atoms with E-state index in [4.69, 9.17) is 4.74 Å². The lowest BCUT2D eigenvalue weighted by atomic mass is 9.92. The van der Waals surface area contributed by atoms with E-state index in [0.29, 0.717) is 81.0 Å². The minimum atomic E-state index is -4.17. The summed E-state index contributed by atoms with van der Waals surface area (Å²) >= 11 is 0. The average molecular weight is 943 g/mol. The number of ether oxygens (including phenoxy) is 1.